The summed E-state index contributed by atoms with van der Waals surface area (Å²) in [7, 11) is 1.63. The number of hydrogen-bond acceptors (Lipinski definition) is 5. The number of anilines is 2. The van der Waals surface area contributed by atoms with Crippen LogP contribution in [0.25, 0.3) is 0 Å². The van der Waals surface area contributed by atoms with Crippen LogP contribution in [0.3, 0.4) is 0 Å². The summed E-state index contributed by atoms with van der Waals surface area (Å²) in [6, 6.07) is 7.71. The lowest BCUT2D eigenvalue weighted by Gasteiger charge is -2.11. The fourth-order valence-corrected chi connectivity index (χ4v) is 1.67. The van der Waals surface area contributed by atoms with E-state index in [1.54, 1.807) is 7.11 Å². The number of ether oxygens (including phenoxy) is 1. The third-order valence-corrected chi connectivity index (χ3v) is 2.61. The van der Waals surface area contributed by atoms with Crippen LogP contribution >= 0.6 is 11.6 Å². The summed E-state index contributed by atoms with van der Waals surface area (Å²) >= 11 is 5.71. The van der Waals surface area contributed by atoms with Crippen molar-refractivity contribution in [2.75, 3.05) is 18.2 Å². The number of hydrogen-bond donors (Lipinski definition) is 2. The molecule has 0 bridgehead atoms. The molecule has 0 unspecified atom stereocenters. The molecule has 0 aliphatic rings. The Balaban J connectivity index is 2.14. The highest BCUT2D eigenvalue weighted by molar-refractivity contribution is 6.28. The standard InChI is InChI=1S/C12H13ClN4O/c1-18-10-5-3-2-4-8(10)6-15-11-9(14)7-16-12(13)17-11/h2-5,7H,6,14H2,1H3,(H,15,16,17). The number of rotatable bonds is 4. The third kappa shape index (κ3) is 2.81. The second kappa shape index (κ2) is 5.55. The average molecular weight is 265 g/mol. The van der Waals surface area contributed by atoms with Gasteiger partial charge in [0.2, 0.25) is 5.28 Å². The van der Waals surface area contributed by atoms with E-state index in [-0.39, 0.29) is 5.28 Å². The molecule has 1 aromatic heterocycles. The van der Waals surface area contributed by atoms with Crippen molar-refractivity contribution in [3.05, 3.63) is 41.3 Å². The molecule has 2 aromatic rings. The maximum Gasteiger partial charge on any atom is 0.224 e. The number of nitrogens with one attached hydrogen (secondary N) is 1. The predicted octanol–water partition coefficient (Wildman–Crippen LogP) is 2.33. The number of methoxy groups -OCH3 is 1. The van der Waals surface area contributed by atoms with Crippen molar-refractivity contribution in [3.63, 3.8) is 0 Å². The largest absolute Gasteiger partial charge is 0.496 e. The van der Waals surface area contributed by atoms with Gasteiger partial charge in [-0.05, 0) is 17.7 Å². The van der Waals surface area contributed by atoms with Gasteiger partial charge in [0.1, 0.15) is 5.75 Å². The molecule has 18 heavy (non-hydrogen) atoms. The molecule has 6 heteroatoms. The maximum absolute atomic E-state index is 5.75. The number of nitrogen functional groups attached to an aromatic ring is 1. The van der Waals surface area contributed by atoms with E-state index < -0.39 is 0 Å². The Hall–Kier alpha value is -2.01. The van der Waals surface area contributed by atoms with E-state index in [0.29, 0.717) is 18.1 Å². The van der Waals surface area contributed by atoms with Crippen LogP contribution in [0.15, 0.2) is 30.5 Å². The Bertz CT molecular complexity index is 547. The summed E-state index contributed by atoms with van der Waals surface area (Å²) in [5.74, 6) is 1.32. The van der Waals surface area contributed by atoms with Gasteiger partial charge >= 0.3 is 0 Å². The summed E-state index contributed by atoms with van der Waals surface area (Å²) in [6.45, 7) is 0.543. The van der Waals surface area contributed by atoms with E-state index in [1.807, 2.05) is 24.3 Å². The monoisotopic (exact) mass is 264 g/mol. The van der Waals surface area contributed by atoms with Gasteiger partial charge in [-0.25, -0.2) is 4.98 Å². The Kier molecular flexibility index (Phi) is 3.84. The molecule has 0 saturated carbocycles. The molecular weight excluding hydrogens is 252 g/mol. The lowest BCUT2D eigenvalue weighted by atomic mass is 10.2. The highest BCUT2D eigenvalue weighted by Gasteiger charge is 2.05. The van der Waals surface area contributed by atoms with E-state index in [1.165, 1.54) is 6.20 Å². The Morgan fingerprint density at radius 1 is 1.39 bits per heavy atom. The first-order chi connectivity index (χ1) is 8.70. The molecule has 0 spiro atoms. The zero-order chi connectivity index (χ0) is 13.0. The predicted molar refractivity (Wildman–Crippen MR) is 71.8 cm³/mol. The molecule has 1 aromatic carbocycles. The second-order valence-corrected chi connectivity index (χ2v) is 3.95. The van der Waals surface area contributed by atoms with E-state index in [0.717, 1.165) is 11.3 Å². The minimum atomic E-state index is 0.159. The zero-order valence-electron chi connectivity index (χ0n) is 9.85. The summed E-state index contributed by atoms with van der Waals surface area (Å²) in [5, 5.41) is 3.26. The van der Waals surface area contributed by atoms with Gasteiger partial charge in [-0.2, -0.15) is 4.98 Å². The van der Waals surface area contributed by atoms with Gasteiger partial charge in [0.25, 0.3) is 0 Å². The van der Waals surface area contributed by atoms with Crippen molar-refractivity contribution in [2.24, 2.45) is 0 Å². The molecule has 0 fully saturated rings. The zero-order valence-corrected chi connectivity index (χ0v) is 10.6. The fourth-order valence-electron chi connectivity index (χ4n) is 1.54. The number of benzene rings is 1. The quantitative estimate of drug-likeness (QED) is 0.829. The highest BCUT2D eigenvalue weighted by atomic mass is 35.5. The molecule has 0 saturated heterocycles. The van der Waals surface area contributed by atoms with Crippen molar-refractivity contribution in [2.45, 2.75) is 6.54 Å². The molecule has 0 atom stereocenters. The van der Waals surface area contributed by atoms with Crippen LogP contribution in [0.5, 0.6) is 5.75 Å². The molecule has 0 aliphatic heterocycles. The van der Waals surface area contributed by atoms with Gasteiger partial charge in [-0.1, -0.05) is 18.2 Å². The molecule has 0 aliphatic carbocycles. The molecule has 94 valence electrons. The molecule has 5 nitrogen and oxygen atoms in total. The first-order valence-corrected chi connectivity index (χ1v) is 5.72. The molecule has 3 N–H and O–H groups in total. The summed E-state index contributed by atoms with van der Waals surface area (Å²) in [4.78, 5) is 7.81. The minimum Gasteiger partial charge on any atom is -0.496 e. The summed E-state index contributed by atoms with van der Waals surface area (Å²) < 4.78 is 5.26. The van der Waals surface area contributed by atoms with Crippen LogP contribution in [-0.4, -0.2) is 17.1 Å². The molecule has 0 amide bonds. The topological polar surface area (TPSA) is 73.1 Å². The molecular formula is C12H13ClN4O. The van der Waals surface area contributed by atoms with Crippen LogP contribution < -0.4 is 15.8 Å². The number of nitrogens with zero attached hydrogens (tertiary/aromatic N) is 2. The minimum absolute atomic E-state index is 0.159. The third-order valence-electron chi connectivity index (χ3n) is 2.43. The van der Waals surface area contributed by atoms with Crippen molar-refractivity contribution < 1.29 is 4.74 Å². The lowest BCUT2D eigenvalue weighted by molar-refractivity contribution is 0.410. The van der Waals surface area contributed by atoms with Crippen molar-refractivity contribution in [1.29, 1.82) is 0 Å². The van der Waals surface area contributed by atoms with E-state index in [2.05, 4.69) is 15.3 Å². The van der Waals surface area contributed by atoms with Crippen LogP contribution in [0.2, 0.25) is 5.28 Å². The number of para-hydroxylation sites is 1. The van der Waals surface area contributed by atoms with Gasteiger partial charge in [-0.15, -0.1) is 0 Å². The fraction of sp³-hybridized carbons (Fsp3) is 0.167. The SMILES string of the molecule is COc1ccccc1CNc1nc(Cl)ncc1N. The van der Waals surface area contributed by atoms with Gasteiger partial charge < -0.3 is 15.8 Å². The molecule has 1 heterocycles. The van der Waals surface area contributed by atoms with Crippen LogP contribution in [0, 0.1) is 0 Å². The van der Waals surface area contributed by atoms with Crippen molar-refractivity contribution in [3.8, 4) is 5.75 Å². The normalized spacial score (nSPS) is 10.1. The molecule has 0 radical (unpaired) electrons. The Labute approximate surface area is 110 Å². The summed E-state index contributed by atoms with van der Waals surface area (Å²) in [5.41, 5.74) is 7.21. The van der Waals surface area contributed by atoms with E-state index in [4.69, 9.17) is 22.1 Å². The maximum atomic E-state index is 5.75. The highest BCUT2D eigenvalue weighted by Crippen LogP contribution is 2.21. The Morgan fingerprint density at radius 3 is 2.94 bits per heavy atom. The first-order valence-electron chi connectivity index (χ1n) is 5.34. The number of halogens is 1. The first kappa shape index (κ1) is 12.4. The smallest absolute Gasteiger partial charge is 0.224 e. The van der Waals surface area contributed by atoms with Crippen molar-refractivity contribution in [1.82, 2.24) is 9.97 Å². The average Bonchev–Trinajstić information content (AvgIpc) is 2.40. The molecule has 2 rings (SSSR count). The van der Waals surface area contributed by atoms with Gasteiger partial charge in [0.05, 0.1) is 19.0 Å². The van der Waals surface area contributed by atoms with Crippen molar-refractivity contribution >= 4 is 23.1 Å². The van der Waals surface area contributed by atoms with Gasteiger partial charge in [0.15, 0.2) is 5.82 Å². The number of nitrogens with two attached hydrogens (primary N) is 1. The lowest BCUT2D eigenvalue weighted by Crippen LogP contribution is -2.06. The van der Waals surface area contributed by atoms with E-state index in [9.17, 15) is 0 Å². The van der Waals surface area contributed by atoms with Crippen LogP contribution in [-0.2, 0) is 6.54 Å². The van der Waals surface area contributed by atoms with Gasteiger partial charge in [0, 0.05) is 12.1 Å². The van der Waals surface area contributed by atoms with Gasteiger partial charge in [-0.3, -0.25) is 0 Å². The second-order valence-electron chi connectivity index (χ2n) is 3.61. The summed E-state index contributed by atoms with van der Waals surface area (Å²) in [6.07, 6.45) is 1.47. The number of aromatic nitrogens is 2. The van der Waals surface area contributed by atoms with Crippen LogP contribution in [0.4, 0.5) is 11.5 Å². The van der Waals surface area contributed by atoms with Crippen LogP contribution in [0.1, 0.15) is 5.56 Å². The van der Waals surface area contributed by atoms with E-state index >= 15 is 0 Å². The Morgan fingerprint density at radius 2 is 2.17 bits per heavy atom.